The molecule has 1 aromatic carbocycles. The number of hydrogen-bond acceptors (Lipinski definition) is 3. The van der Waals surface area contributed by atoms with E-state index in [0.717, 1.165) is 18.7 Å². The Kier molecular flexibility index (Phi) is 5.06. The predicted octanol–water partition coefficient (Wildman–Crippen LogP) is 2.77. The molecule has 1 saturated heterocycles. The second-order valence-electron chi connectivity index (χ2n) is 5.76. The average Bonchev–Trinajstić information content (AvgIpc) is 3.02. The molecule has 2 aromatic rings. The molecular formula is C17H19ClFN3O2. The molecule has 3 rings (SSSR count). The van der Waals surface area contributed by atoms with Gasteiger partial charge < -0.3 is 14.6 Å². The maximum atomic E-state index is 13.5. The molecule has 5 nitrogen and oxygen atoms in total. The molecule has 0 bridgehead atoms. The Morgan fingerprint density at radius 1 is 1.29 bits per heavy atom. The first-order valence-electron chi connectivity index (χ1n) is 7.75. The fraction of sp³-hybridized carbons (Fsp3) is 0.353. The van der Waals surface area contributed by atoms with Gasteiger partial charge in [-0.15, -0.1) is 0 Å². The van der Waals surface area contributed by atoms with Crippen molar-refractivity contribution in [3.8, 4) is 5.75 Å². The highest BCUT2D eigenvalue weighted by molar-refractivity contribution is 6.30. The number of aromatic amines is 1. The molecule has 1 aliphatic rings. The number of carbonyl (C=O) groups excluding carboxylic acids is 1. The highest BCUT2D eigenvalue weighted by atomic mass is 35.5. The van der Waals surface area contributed by atoms with Gasteiger partial charge in [-0.05, 0) is 24.3 Å². The fourth-order valence-corrected chi connectivity index (χ4v) is 3.05. The smallest absolute Gasteiger partial charge is 0.270 e. The molecule has 0 aliphatic carbocycles. The number of ether oxygens (including phenoxy) is 1. The summed E-state index contributed by atoms with van der Waals surface area (Å²) in [6, 6.07) is 6.16. The second kappa shape index (κ2) is 7.23. The monoisotopic (exact) mass is 351 g/mol. The van der Waals surface area contributed by atoms with Crippen molar-refractivity contribution in [3.05, 3.63) is 52.6 Å². The number of carbonyl (C=O) groups is 1. The van der Waals surface area contributed by atoms with Crippen LogP contribution in [0.25, 0.3) is 0 Å². The molecule has 24 heavy (non-hydrogen) atoms. The molecular weight excluding hydrogens is 333 g/mol. The maximum Gasteiger partial charge on any atom is 0.270 e. The molecule has 7 heteroatoms. The fourth-order valence-electron chi connectivity index (χ4n) is 2.88. The number of nitrogens with zero attached hydrogens (tertiary/aromatic N) is 2. The van der Waals surface area contributed by atoms with Crippen LogP contribution in [0, 0.1) is 5.82 Å². The van der Waals surface area contributed by atoms with E-state index < -0.39 is 0 Å². The Labute approximate surface area is 145 Å². The summed E-state index contributed by atoms with van der Waals surface area (Å²) < 4.78 is 18.7. The largest absolute Gasteiger partial charge is 0.496 e. The maximum absolute atomic E-state index is 13.5. The van der Waals surface area contributed by atoms with Crippen LogP contribution in [-0.2, 0) is 6.54 Å². The van der Waals surface area contributed by atoms with Crippen LogP contribution >= 0.6 is 11.6 Å². The lowest BCUT2D eigenvalue weighted by Crippen LogP contribution is -2.48. The Morgan fingerprint density at radius 3 is 2.67 bits per heavy atom. The number of amides is 1. The summed E-state index contributed by atoms with van der Waals surface area (Å²) >= 11 is 5.85. The van der Waals surface area contributed by atoms with Gasteiger partial charge >= 0.3 is 0 Å². The summed E-state index contributed by atoms with van der Waals surface area (Å²) in [5.41, 5.74) is 1.31. The van der Waals surface area contributed by atoms with E-state index in [2.05, 4.69) is 9.88 Å². The average molecular weight is 352 g/mol. The van der Waals surface area contributed by atoms with Crippen molar-refractivity contribution in [2.24, 2.45) is 0 Å². The highest BCUT2D eigenvalue weighted by Crippen LogP contribution is 2.22. The molecule has 0 unspecified atom stereocenters. The number of halogens is 2. The third-order valence-electron chi connectivity index (χ3n) is 4.17. The van der Waals surface area contributed by atoms with Gasteiger partial charge in [0.2, 0.25) is 0 Å². The minimum absolute atomic E-state index is 0.0510. The summed E-state index contributed by atoms with van der Waals surface area (Å²) in [7, 11) is 1.58. The number of hydrogen-bond donors (Lipinski definition) is 1. The molecule has 2 heterocycles. The van der Waals surface area contributed by atoms with Crippen LogP contribution in [-0.4, -0.2) is 54.0 Å². The van der Waals surface area contributed by atoms with Crippen LogP contribution in [0.4, 0.5) is 4.39 Å². The molecule has 1 amide bonds. The zero-order valence-electron chi connectivity index (χ0n) is 13.4. The van der Waals surface area contributed by atoms with Crippen molar-refractivity contribution >= 4 is 17.5 Å². The first-order valence-corrected chi connectivity index (χ1v) is 8.12. The van der Waals surface area contributed by atoms with E-state index in [1.54, 1.807) is 30.3 Å². The number of benzene rings is 1. The standard InChI is InChI=1S/C17H19ClFN3O2/c1-24-16-3-2-14(19)8-12(16)11-21-4-6-22(7-5-21)17(23)15-9-13(18)10-20-15/h2-3,8-10,20H,4-7,11H2,1H3. The minimum Gasteiger partial charge on any atom is -0.496 e. The van der Waals surface area contributed by atoms with Crippen molar-refractivity contribution in [3.63, 3.8) is 0 Å². The SMILES string of the molecule is COc1ccc(F)cc1CN1CCN(C(=O)c2cc(Cl)c[nH]2)CC1. The summed E-state index contributed by atoms with van der Waals surface area (Å²) in [6.45, 7) is 3.27. The zero-order valence-corrected chi connectivity index (χ0v) is 14.1. The van der Waals surface area contributed by atoms with Gasteiger partial charge in [0.05, 0.1) is 12.1 Å². The molecule has 1 N–H and O–H groups in total. The molecule has 0 saturated carbocycles. The normalized spacial score (nSPS) is 15.5. The van der Waals surface area contributed by atoms with Gasteiger partial charge in [0.15, 0.2) is 0 Å². The predicted molar refractivity (Wildman–Crippen MR) is 89.9 cm³/mol. The van der Waals surface area contributed by atoms with Crippen molar-refractivity contribution in [2.75, 3.05) is 33.3 Å². The molecule has 0 radical (unpaired) electrons. The third-order valence-corrected chi connectivity index (χ3v) is 4.39. The van der Waals surface area contributed by atoms with E-state index in [-0.39, 0.29) is 11.7 Å². The Hall–Kier alpha value is -2.05. The highest BCUT2D eigenvalue weighted by Gasteiger charge is 2.23. The molecule has 1 fully saturated rings. The van der Waals surface area contributed by atoms with E-state index in [0.29, 0.717) is 36.1 Å². The van der Waals surface area contributed by atoms with Crippen molar-refractivity contribution < 1.29 is 13.9 Å². The van der Waals surface area contributed by atoms with Crippen molar-refractivity contribution in [1.82, 2.24) is 14.8 Å². The number of rotatable bonds is 4. The molecule has 1 aliphatic heterocycles. The number of aromatic nitrogens is 1. The van der Waals surface area contributed by atoms with Crippen LogP contribution in [0.15, 0.2) is 30.5 Å². The number of piperazine rings is 1. The van der Waals surface area contributed by atoms with Crippen LogP contribution < -0.4 is 4.74 Å². The summed E-state index contributed by atoms with van der Waals surface area (Å²) in [5.74, 6) is 0.351. The van der Waals surface area contributed by atoms with Crippen molar-refractivity contribution in [2.45, 2.75) is 6.54 Å². The van der Waals surface area contributed by atoms with Crippen LogP contribution in [0.2, 0.25) is 5.02 Å². The van der Waals surface area contributed by atoms with Gasteiger partial charge in [-0.25, -0.2) is 4.39 Å². The van der Waals surface area contributed by atoms with E-state index in [1.165, 1.54) is 12.1 Å². The van der Waals surface area contributed by atoms with Gasteiger partial charge in [0, 0.05) is 44.5 Å². The number of H-pyrrole nitrogens is 1. The zero-order chi connectivity index (χ0) is 17.1. The van der Waals surface area contributed by atoms with Gasteiger partial charge in [0.25, 0.3) is 5.91 Å². The molecule has 1 aromatic heterocycles. The van der Waals surface area contributed by atoms with E-state index >= 15 is 0 Å². The number of nitrogens with one attached hydrogen (secondary N) is 1. The Bertz CT molecular complexity index is 726. The lowest BCUT2D eigenvalue weighted by atomic mass is 10.1. The summed E-state index contributed by atoms with van der Waals surface area (Å²) in [4.78, 5) is 19.2. The number of methoxy groups -OCH3 is 1. The van der Waals surface area contributed by atoms with Crippen molar-refractivity contribution in [1.29, 1.82) is 0 Å². The first kappa shape index (κ1) is 16.8. The van der Waals surface area contributed by atoms with E-state index in [9.17, 15) is 9.18 Å². The van der Waals surface area contributed by atoms with Gasteiger partial charge in [-0.3, -0.25) is 9.69 Å². The molecule has 128 valence electrons. The third kappa shape index (κ3) is 3.71. The van der Waals surface area contributed by atoms with Crippen LogP contribution in [0.1, 0.15) is 16.1 Å². The second-order valence-corrected chi connectivity index (χ2v) is 6.19. The summed E-state index contributed by atoms with van der Waals surface area (Å²) in [6.07, 6.45) is 1.60. The molecule has 0 atom stereocenters. The van der Waals surface area contributed by atoms with Crippen LogP contribution in [0.5, 0.6) is 5.75 Å². The van der Waals surface area contributed by atoms with Gasteiger partial charge in [-0.1, -0.05) is 11.6 Å². The quantitative estimate of drug-likeness (QED) is 0.921. The Balaban J connectivity index is 1.59. The lowest BCUT2D eigenvalue weighted by molar-refractivity contribution is 0.0622. The van der Waals surface area contributed by atoms with E-state index in [4.69, 9.17) is 16.3 Å². The Morgan fingerprint density at radius 2 is 2.04 bits per heavy atom. The van der Waals surface area contributed by atoms with Gasteiger partial charge in [0.1, 0.15) is 17.3 Å². The van der Waals surface area contributed by atoms with Crippen LogP contribution in [0.3, 0.4) is 0 Å². The van der Waals surface area contributed by atoms with Gasteiger partial charge in [-0.2, -0.15) is 0 Å². The molecule has 0 spiro atoms. The minimum atomic E-state index is -0.275. The van der Waals surface area contributed by atoms with E-state index in [1.807, 2.05) is 0 Å². The topological polar surface area (TPSA) is 48.6 Å². The lowest BCUT2D eigenvalue weighted by Gasteiger charge is -2.34. The summed E-state index contributed by atoms with van der Waals surface area (Å²) in [5, 5.41) is 0.523. The first-order chi connectivity index (χ1) is 11.6.